The van der Waals surface area contributed by atoms with Gasteiger partial charge in [-0.05, 0) is 30.5 Å². The van der Waals surface area contributed by atoms with Gasteiger partial charge in [0.2, 0.25) is 0 Å². The van der Waals surface area contributed by atoms with Gasteiger partial charge in [-0.2, -0.15) is 0 Å². The first-order chi connectivity index (χ1) is 11.3. The van der Waals surface area contributed by atoms with E-state index in [9.17, 15) is 4.79 Å². The number of likely N-dealkylation sites (tertiary alicyclic amines) is 1. The van der Waals surface area contributed by atoms with Crippen LogP contribution in [-0.2, 0) is 0 Å². The normalized spacial score (nSPS) is 17.6. The second-order valence-electron chi connectivity index (χ2n) is 5.95. The van der Waals surface area contributed by atoms with Crippen LogP contribution < -0.4 is 0 Å². The van der Waals surface area contributed by atoms with Crippen LogP contribution in [0, 0.1) is 0 Å². The number of aromatic nitrogens is 1. The van der Waals surface area contributed by atoms with Gasteiger partial charge in [-0.25, -0.2) is 0 Å². The lowest BCUT2D eigenvalue weighted by Crippen LogP contribution is -2.30. The number of amides is 1. The minimum absolute atomic E-state index is 0.0839. The van der Waals surface area contributed by atoms with Crippen LogP contribution in [0.25, 0.3) is 10.9 Å². The van der Waals surface area contributed by atoms with Crippen molar-refractivity contribution in [3.63, 3.8) is 0 Å². The fraction of sp³-hybridized carbons (Fsp3) is 0.200. The number of benzene rings is 2. The van der Waals surface area contributed by atoms with Crippen LogP contribution in [0.4, 0.5) is 0 Å². The highest BCUT2D eigenvalue weighted by molar-refractivity contribution is 6.05. The van der Waals surface area contributed by atoms with E-state index in [-0.39, 0.29) is 11.9 Å². The number of hydrogen-bond donors (Lipinski definition) is 0. The molecule has 1 unspecified atom stereocenters. The lowest BCUT2D eigenvalue weighted by Gasteiger charge is -2.25. The van der Waals surface area contributed by atoms with Gasteiger partial charge in [0.1, 0.15) is 0 Å². The zero-order chi connectivity index (χ0) is 15.6. The number of carbonyl (C=O) groups excluding carboxylic acids is 1. The van der Waals surface area contributed by atoms with Crippen molar-refractivity contribution in [3.05, 3.63) is 78.0 Å². The molecule has 114 valence electrons. The average Bonchev–Trinajstić information content (AvgIpc) is 3.11. The summed E-state index contributed by atoms with van der Waals surface area (Å²) in [5.74, 6) is 0.0839. The van der Waals surface area contributed by atoms with E-state index in [1.165, 1.54) is 5.56 Å². The number of nitrogens with zero attached hydrogens (tertiary/aromatic N) is 2. The van der Waals surface area contributed by atoms with Crippen molar-refractivity contribution >= 4 is 16.8 Å². The van der Waals surface area contributed by atoms with E-state index in [0.717, 1.165) is 30.3 Å². The zero-order valence-corrected chi connectivity index (χ0v) is 12.9. The number of rotatable bonds is 2. The summed E-state index contributed by atoms with van der Waals surface area (Å²) in [6, 6.07) is 20.2. The van der Waals surface area contributed by atoms with E-state index < -0.39 is 0 Å². The van der Waals surface area contributed by atoms with E-state index >= 15 is 0 Å². The van der Waals surface area contributed by atoms with Gasteiger partial charge in [-0.3, -0.25) is 9.78 Å². The van der Waals surface area contributed by atoms with Crippen molar-refractivity contribution in [3.8, 4) is 0 Å². The Morgan fingerprint density at radius 3 is 2.70 bits per heavy atom. The number of para-hydroxylation sites is 1. The summed E-state index contributed by atoms with van der Waals surface area (Å²) in [4.78, 5) is 19.6. The predicted octanol–water partition coefficient (Wildman–Crippen LogP) is 4.21. The molecule has 1 saturated heterocycles. The fourth-order valence-corrected chi connectivity index (χ4v) is 3.46. The molecule has 3 nitrogen and oxygen atoms in total. The second-order valence-corrected chi connectivity index (χ2v) is 5.95. The van der Waals surface area contributed by atoms with Crippen LogP contribution in [0.5, 0.6) is 0 Å². The third-order valence-electron chi connectivity index (χ3n) is 4.56. The molecule has 1 aliphatic heterocycles. The van der Waals surface area contributed by atoms with Gasteiger partial charge in [0.05, 0.1) is 17.1 Å². The summed E-state index contributed by atoms with van der Waals surface area (Å²) in [5, 5.41) is 1.01. The second kappa shape index (κ2) is 5.84. The third-order valence-corrected chi connectivity index (χ3v) is 4.56. The van der Waals surface area contributed by atoms with E-state index in [0.29, 0.717) is 5.56 Å². The molecule has 2 aromatic carbocycles. The van der Waals surface area contributed by atoms with Crippen LogP contribution in [0.3, 0.4) is 0 Å². The predicted molar refractivity (Wildman–Crippen MR) is 91.2 cm³/mol. The summed E-state index contributed by atoms with van der Waals surface area (Å²) in [6.45, 7) is 0.807. The first-order valence-corrected chi connectivity index (χ1v) is 8.04. The highest BCUT2D eigenvalue weighted by Gasteiger charge is 2.31. The van der Waals surface area contributed by atoms with Crippen LogP contribution in [0.1, 0.15) is 34.8 Å². The minimum atomic E-state index is 0.0839. The molecule has 1 aromatic heterocycles. The van der Waals surface area contributed by atoms with Gasteiger partial charge in [-0.15, -0.1) is 0 Å². The number of fused-ring (bicyclic) bond motifs is 1. The average molecular weight is 302 g/mol. The Morgan fingerprint density at radius 2 is 1.83 bits per heavy atom. The van der Waals surface area contributed by atoms with Crippen molar-refractivity contribution in [1.82, 2.24) is 9.88 Å². The summed E-state index contributed by atoms with van der Waals surface area (Å²) in [5.41, 5.74) is 2.70. The SMILES string of the molecule is O=C(c1cccc2cccnc12)N1CCCC1c1ccccc1. The quantitative estimate of drug-likeness (QED) is 0.710. The number of hydrogen-bond acceptors (Lipinski definition) is 2. The molecule has 3 heteroatoms. The van der Waals surface area contributed by atoms with Gasteiger partial charge in [-0.1, -0.05) is 48.5 Å². The summed E-state index contributed by atoms with van der Waals surface area (Å²) < 4.78 is 0. The molecule has 0 radical (unpaired) electrons. The number of carbonyl (C=O) groups is 1. The molecule has 1 atom stereocenters. The summed E-state index contributed by atoms with van der Waals surface area (Å²) in [7, 11) is 0. The lowest BCUT2D eigenvalue weighted by molar-refractivity contribution is 0.0737. The summed E-state index contributed by atoms with van der Waals surface area (Å²) >= 11 is 0. The molecular formula is C20H18N2O. The van der Waals surface area contributed by atoms with Crippen molar-refractivity contribution in [2.24, 2.45) is 0 Å². The highest BCUT2D eigenvalue weighted by Crippen LogP contribution is 2.33. The molecule has 4 rings (SSSR count). The Balaban J connectivity index is 1.73. The van der Waals surface area contributed by atoms with Crippen LogP contribution in [-0.4, -0.2) is 22.3 Å². The highest BCUT2D eigenvalue weighted by atomic mass is 16.2. The maximum Gasteiger partial charge on any atom is 0.256 e. The molecule has 3 aromatic rings. The molecule has 23 heavy (non-hydrogen) atoms. The maximum absolute atomic E-state index is 13.1. The largest absolute Gasteiger partial charge is 0.332 e. The Bertz CT molecular complexity index is 839. The molecule has 2 heterocycles. The van der Waals surface area contributed by atoms with Gasteiger partial charge >= 0.3 is 0 Å². The molecule has 0 saturated carbocycles. The van der Waals surface area contributed by atoms with E-state index in [2.05, 4.69) is 17.1 Å². The van der Waals surface area contributed by atoms with E-state index in [4.69, 9.17) is 0 Å². The standard InChI is InChI=1S/C20H18N2O/c23-20(17-11-4-9-16-10-5-13-21-19(16)17)22-14-6-12-18(22)15-7-2-1-3-8-15/h1-5,7-11,13,18H,6,12,14H2. The monoisotopic (exact) mass is 302 g/mol. The Labute approximate surface area is 135 Å². The molecule has 0 N–H and O–H groups in total. The molecule has 0 aliphatic carbocycles. The molecular weight excluding hydrogens is 284 g/mol. The van der Waals surface area contributed by atoms with E-state index in [1.54, 1.807) is 6.20 Å². The van der Waals surface area contributed by atoms with E-state index in [1.807, 2.05) is 53.4 Å². The van der Waals surface area contributed by atoms with Gasteiger partial charge in [0, 0.05) is 18.1 Å². The topological polar surface area (TPSA) is 33.2 Å². The van der Waals surface area contributed by atoms with Gasteiger partial charge in [0.25, 0.3) is 5.91 Å². The van der Waals surface area contributed by atoms with Crippen molar-refractivity contribution < 1.29 is 4.79 Å². The molecule has 0 spiro atoms. The molecule has 1 aliphatic rings. The van der Waals surface area contributed by atoms with Crippen LogP contribution in [0.15, 0.2) is 66.9 Å². The first kappa shape index (κ1) is 13.9. The smallest absolute Gasteiger partial charge is 0.256 e. The van der Waals surface area contributed by atoms with Crippen molar-refractivity contribution in [2.45, 2.75) is 18.9 Å². The van der Waals surface area contributed by atoms with Gasteiger partial charge < -0.3 is 4.90 Å². The van der Waals surface area contributed by atoms with Crippen LogP contribution >= 0.6 is 0 Å². The Kier molecular flexibility index (Phi) is 3.54. The van der Waals surface area contributed by atoms with Crippen LogP contribution in [0.2, 0.25) is 0 Å². The van der Waals surface area contributed by atoms with Crippen molar-refractivity contribution in [1.29, 1.82) is 0 Å². The lowest BCUT2D eigenvalue weighted by atomic mass is 10.0. The molecule has 1 amide bonds. The van der Waals surface area contributed by atoms with Crippen molar-refractivity contribution in [2.75, 3.05) is 6.54 Å². The maximum atomic E-state index is 13.1. The van der Waals surface area contributed by atoms with Gasteiger partial charge in [0.15, 0.2) is 0 Å². The molecule has 1 fully saturated rings. The Hall–Kier alpha value is -2.68. The Morgan fingerprint density at radius 1 is 1.00 bits per heavy atom. The third kappa shape index (κ3) is 2.48. The fourth-order valence-electron chi connectivity index (χ4n) is 3.46. The minimum Gasteiger partial charge on any atom is -0.332 e. The first-order valence-electron chi connectivity index (χ1n) is 8.04. The summed E-state index contributed by atoms with van der Waals surface area (Å²) in [6.07, 6.45) is 3.81. The zero-order valence-electron chi connectivity index (χ0n) is 12.9. The molecule has 0 bridgehead atoms. The number of pyridine rings is 1.